The van der Waals surface area contributed by atoms with Crippen LogP contribution in [0.3, 0.4) is 0 Å². The van der Waals surface area contributed by atoms with Crippen LogP contribution in [0.25, 0.3) is 0 Å². The number of nitrogens with one attached hydrogen (secondary N) is 2. The molecule has 88 valence electrons. The van der Waals surface area contributed by atoms with Gasteiger partial charge >= 0.3 is 0 Å². The highest BCUT2D eigenvalue weighted by Crippen LogP contribution is 2.10. The molecule has 0 aromatic carbocycles. The van der Waals surface area contributed by atoms with Crippen molar-refractivity contribution in [2.45, 2.75) is 26.3 Å². The van der Waals surface area contributed by atoms with Crippen LogP contribution < -0.4 is 15.4 Å². The zero-order valence-corrected chi connectivity index (χ0v) is 10.6. The van der Waals surface area contributed by atoms with Gasteiger partial charge in [0.1, 0.15) is 0 Å². The molecule has 1 rings (SSSR count). The molecule has 0 aliphatic heterocycles. The van der Waals surface area contributed by atoms with E-state index < -0.39 is 0 Å². The molecule has 0 fully saturated rings. The van der Waals surface area contributed by atoms with Crippen LogP contribution in [0.4, 0.5) is 5.69 Å². The van der Waals surface area contributed by atoms with E-state index >= 15 is 0 Å². The maximum atomic E-state index is 5.16. The molecule has 0 saturated carbocycles. The summed E-state index contributed by atoms with van der Waals surface area (Å²) in [6.07, 6.45) is 2.71. The van der Waals surface area contributed by atoms with Crippen molar-refractivity contribution in [2.75, 3.05) is 12.4 Å². The maximum Gasteiger partial charge on any atom is 0.213 e. The van der Waals surface area contributed by atoms with Crippen molar-refractivity contribution >= 4 is 23.0 Å². The first-order chi connectivity index (χ1) is 7.65. The highest BCUT2D eigenvalue weighted by Gasteiger charge is 2.02. The van der Waals surface area contributed by atoms with Crippen molar-refractivity contribution in [1.29, 1.82) is 0 Å². The Hall–Kier alpha value is -1.36. The second kappa shape index (κ2) is 6.27. The fourth-order valence-electron chi connectivity index (χ4n) is 1.07. The fraction of sp³-hybridized carbons (Fsp3) is 0.455. The Balaban J connectivity index is 2.49. The lowest BCUT2D eigenvalue weighted by Gasteiger charge is -2.15. The van der Waals surface area contributed by atoms with E-state index in [1.807, 2.05) is 6.07 Å². The normalized spacial score (nSPS) is 11.7. The smallest absolute Gasteiger partial charge is 0.213 e. The minimum atomic E-state index is 0.367. The van der Waals surface area contributed by atoms with Crippen LogP contribution in [0.15, 0.2) is 18.3 Å². The number of nitrogens with zero attached hydrogens (tertiary/aromatic N) is 1. The first-order valence-electron chi connectivity index (χ1n) is 5.23. The van der Waals surface area contributed by atoms with Crippen LogP contribution in [0.5, 0.6) is 5.88 Å². The Morgan fingerprint density at radius 3 is 2.81 bits per heavy atom. The minimum Gasteiger partial charge on any atom is -0.481 e. The van der Waals surface area contributed by atoms with E-state index in [0.717, 1.165) is 12.1 Å². The van der Waals surface area contributed by atoms with Crippen LogP contribution in [0, 0.1) is 0 Å². The van der Waals surface area contributed by atoms with Crippen molar-refractivity contribution in [2.24, 2.45) is 0 Å². The van der Waals surface area contributed by atoms with E-state index in [1.165, 1.54) is 0 Å². The predicted molar refractivity (Wildman–Crippen MR) is 69.9 cm³/mol. The molecule has 0 radical (unpaired) electrons. The van der Waals surface area contributed by atoms with Gasteiger partial charge < -0.3 is 15.4 Å². The number of aromatic nitrogens is 1. The van der Waals surface area contributed by atoms with Crippen molar-refractivity contribution in [1.82, 2.24) is 10.3 Å². The van der Waals surface area contributed by atoms with Crippen molar-refractivity contribution < 1.29 is 4.74 Å². The summed E-state index contributed by atoms with van der Waals surface area (Å²) in [4.78, 5) is 4.08. The number of hydrogen-bond donors (Lipinski definition) is 2. The lowest BCUT2D eigenvalue weighted by Crippen LogP contribution is -2.35. The first kappa shape index (κ1) is 12.7. The van der Waals surface area contributed by atoms with Crippen LogP contribution in [-0.4, -0.2) is 23.2 Å². The fourth-order valence-corrected chi connectivity index (χ4v) is 1.39. The number of ether oxygens (including phenoxy) is 1. The lowest BCUT2D eigenvalue weighted by molar-refractivity contribution is 0.398. The summed E-state index contributed by atoms with van der Waals surface area (Å²) in [6, 6.07) is 4.02. The van der Waals surface area contributed by atoms with Crippen molar-refractivity contribution in [3.8, 4) is 5.88 Å². The van der Waals surface area contributed by atoms with E-state index in [2.05, 4.69) is 29.5 Å². The lowest BCUT2D eigenvalue weighted by atomic mass is 10.3. The van der Waals surface area contributed by atoms with Gasteiger partial charge in [0.15, 0.2) is 5.11 Å². The Labute approximate surface area is 101 Å². The summed E-state index contributed by atoms with van der Waals surface area (Å²) in [5.74, 6) is 0.589. The number of methoxy groups -OCH3 is 1. The van der Waals surface area contributed by atoms with Crippen molar-refractivity contribution in [3.63, 3.8) is 0 Å². The topological polar surface area (TPSA) is 46.2 Å². The quantitative estimate of drug-likeness (QED) is 0.789. The highest BCUT2D eigenvalue weighted by atomic mass is 32.1. The summed E-state index contributed by atoms with van der Waals surface area (Å²) >= 11 is 5.16. The summed E-state index contributed by atoms with van der Waals surface area (Å²) in [7, 11) is 1.59. The molecule has 1 aromatic rings. The molecule has 0 aliphatic carbocycles. The number of rotatable bonds is 4. The van der Waals surface area contributed by atoms with Gasteiger partial charge in [-0.1, -0.05) is 6.92 Å². The second-order valence-corrected chi connectivity index (χ2v) is 3.91. The first-order valence-corrected chi connectivity index (χ1v) is 5.64. The van der Waals surface area contributed by atoms with E-state index in [0.29, 0.717) is 17.0 Å². The number of hydrogen-bond acceptors (Lipinski definition) is 3. The van der Waals surface area contributed by atoms with E-state index in [9.17, 15) is 0 Å². The standard InChI is InChI=1S/C11H17N3OS/c1-4-8(2)13-11(16)14-9-5-6-10(15-3)12-7-9/h5-8H,4H2,1-3H3,(H2,13,14,16). The Morgan fingerprint density at radius 2 is 2.31 bits per heavy atom. The largest absolute Gasteiger partial charge is 0.481 e. The van der Waals surface area contributed by atoms with Gasteiger partial charge in [0.2, 0.25) is 5.88 Å². The molecule has 16 heavy (non-hydrogen) atoms. The van der Waals surface area contributed by atoms with Gasteiger partial charge in [0.25, 0.3) is 0 Å². The third kappa shape index (κ3) is 4.02. The summed E-state index contributed by atoms with van der Waals surface area (Å²) in [5.41, 5.74) is 0.849. The summed E-state index contributed by atoms with van der Waals surface area (Å²) in [6.45, 7) is 4.19. The van der Waals surface area contributed by atoms with Gasteiger partial charge in [-0.25, -0.2) is 4.98 Å². The van der Waals surface area contributed by atoms with Crippen LogP contribution in [0.2, 0.25) is 0 Å². The molecule has 0 saturated heterocycles. The summed E-state index contributed by atoms with van der Waals surface area (Å²) in [5, 5.41) is 6.84. The Morgan fingerprint density at radius 1 is 1.56 bits per heavy atom. The number of anilines is 1. The Kier molecular flexibility index (Phi) is 4.98. The molecule has 2 N–H and O–H groups in total. The summed E-state index contributed by atoms with van der Waals surface area (Å²) < 4.78 is 4.97. The van der Waals surface area contributed by atoms with Crippen LogP contribution in [0.1, 0.15) is 20.3 Å². The minimum absolute atomic E-state index is 0.367. The molecule has 1 unspecified atom stereocenters. The molecule has 0 bridgehead atoms. The molecule has 0 amide bonds. The maximum absolute atomic E-state index is 5.16. The zero-order chi connectivity index (χ0) is 12.0. The number of pyridine rings is 1. The molecule has 1 atom stereocenters. The molecule has 5 heteroatoms. The van der Waals surface area contributed by atoms with E-state index in [4.69, 9.17) is 17.0 Å². The molecule has 1 aromatic heterocycles. The molecule has 0 spiro atoms. The molecular formula is C11H17N3OS. The van der Waals surface area contributed by atoms with Crippen molar-refractivity contribution in [3.05, 3.63) is 18.3 Å². The Bertz CT molecular complexity index is 340. The molecule has 1 heterocycles. The molecular weight excluding hydrogens is 222 g/mol. The van der Waals surface area contributed by atoms with Gasteiger partial charge in [0, 0.05) is 12.1 Å². The van der Waals surface area contributed by atoms with Crippen LogP contribution >= 0.6 is 12.2 Å². The average Bonchev–Trinajstić information content (AvgIpc) is 2.29. The number of thiocarbonyl (C=S) groups is 1. The molecule has 4 nitrogen and oxygen atoms in total. The third-order valence-electron chi connectivity index (χ3n) is 2.19. The van der Waals surface area contributed by atoms with Gasteiger partial charge in [-0.15, -0.1) is 0 Å². The monoisotopic (exact) mass is 239 g/mol. The van der Waals surface area contributed by atoms with Gasteiger partial charge in [-0.2, -0.15) is 0 Å². The second-order valence-electron chi connectivity index (χ2n) is 3.50. The predicted octanol–water partition coefficient (Wildman–Crippen LogP) is 2.18. The van der Waals surface area contributed by atoms with Gasteiger partial charge in [0.05, 0.1) is 19.0 Å². The zero-order valence-electron chi connectivity index (χ0n) is 9.78. The van der Waals surface area contributed by atoms with Gasteiger partial charge in [-0.05, 0) is 31.6 Å². The molecule has 0 aliphatic rings. The van der Waals surface area contributed by atoms with Crippen LogP contribution in [-0.2, 0) is 0 Å². The average molecular weight is 239 g/mol. The van der Waals surface area contributed by atoms with E-state index in [-0.39, 0.29) is 0 Å². The highest BCUT2D eigenvalue weighted by molar-refractivity contribution is 7.80. The third-order valence-corrected chi connectivity index (χ3v) is 2.41. The SMILES string of the molecule is CCC(C)NC(=S)Nc1ccc(OC)nc1. The van der Waals surface area contributed by atoms with E-state index in [1.54, 1.807) is 19.4 Å². The van der Waals surface area contributed by atoms with Gasteiger partial charge in [-0.3, -0.25) is 0 Å².